The molecule has 19 heavy (non-hydrogen) atoms. The first-order valence-electron chi connectivity index (χ1n) is 5.47. The minimum absolute atomic E-state index is 0.166. The molecule has 0 spiro atoms. The molecule has 0 aliphatic heterocycles. The number of aromatic nitrogens is 2. The van der Waals surface area contributed by atoms with Gasteiger partial charge in [0, 0.05) is 26.4 Å². The van der Waals surface area contributed by atoms with Crippen LogP contribution in [0.4, 0.5) is 0 Å². The van der Waals surface area contributed by atoms with E-state index in [1.165, 1.54) is 33.5 Å². The Morgan fingerprint density at radius 3 is 2.47 bits per heavy atom. The van der Waals surface area contributed by atoms with Crippen LogP contribution < -0.4 is 16.4 Å². The molecule has 1 atom stereocenters. The van der Waals surface area contributed by atoms with Gasteiger partial charge in [-0.05, 0) is 0 Å². The van der Waals surface area contributed by atoms with Gasteiger partial charge < -0.3 is 19.2 Å². The Hall–Kier alpha value is -2.38. The quantitative estimate of drug-likeness (QED) is 0.515. The molecule has 0 fully saturated rings. The van der Waals surface area contributed by atoms with Gasteiger partial charge in [0.05, 0.1) is 13.7 Å². The molecule has 0 aliphatic rings. The SMILES string of the molecule is COC(=O)C(Cn1ccn(C)c(=O)c1=O)NC(C)=O. The fourth-order valence-electron chi connectivity index (χ4n) is 1.50. The van der Waals surface area contributed by atoms with Gasteiger partial charge in [0.25, 0.3) is 0 Å². The van der Waals surface area contributed by atoms with Gasteiger partial charge in [0.15, 0.2) is 0 Å². The maximum Gasteiger partial charge on any atom is 0.330 e. The molecule has 0 saturated carbocycles. The zero-order valence-corrected chi connectivity index (χ0v) is 10.9. The Morgan fingerprint density at radius 2 is 1.95 bits per heavy atom. The highest BCUT2D eigenvalue weighted by Gasteiger charge is 2.21. The number of nitrogens with one attached hydrogen (secondary N) is 1. The maximum absolute atomic E-state index is 11.7. The second-order valence-corrected chi connectivity index (χ2v) is 3.95. The number of aryl methyl sites for hydroxylation is 1. The van der Waals surface area contributed by atoms with E-state index in [0.717, 1.165) is 9.13 Å². The number of amides is 1. The van der Waals surface area contributed by atoms with Gasteiger partial charge in [-0.15, -0.1) is 0 Å². The van der Waals surface area contributed by atoms with Crippen molar-refractivity contribution in [3.8, 4) is 0 Å². The van der Waals surface area contributed by atoms with Crippen LogP contribution in [0.5, 0.6) is 0 Å². The van der Waals surface area contributed by atoms with Gasteiger partial charge in [0.2, 0.25) is 5.91 Å². The van der Waals surface area contributed by atoms with Crippen LogP contribution in [-0.2, 0) is 27.9 Å². The van der Waals surface area contributed by atoms with Crippen LogP contribution in [0.2, 0.25) is 0 Å². The van der Waals surface area contributed by atoms with Crippen molar-refractivity contribution in [2.75, 3.05) is 7.11 Å². The van der Waals surface area contributed by atoms with E-state index in [-0.39, 0.29) is 6.54 Å². The van der Waals surface area contributed by atoms with E-state index < -0.39 is 29.0 Å². The Morgan fingerprint density at radius 1 is 1.32 bits per heavy atom. The molecule has 0 radical (unpaired) electrons. The van der Waals surface area contributed by atoms with Gasteiger partial charge in [-0.25, -0.2) is 4.79 Å². The lowest BCUT2D eigenvalue weighted by molar-refractivity contribution is -0.145. The molecular formula is C11H15N3O5. The molecule has 0 bridgehead atoms. The average Bonchev–Trinajstić information content (AvgIpc) is 2.37. The third-order valence-electron chi connectivity index (χ3n) is 2.48. The van der Waals surface area contributed by atoms with Crippen LogP contribution in [0.3, 0.4) is 0 Å². The highest BCUT2D eigenvalue weighted by molar-refractivity contribution is 5.83. The molecule has 0 aromatic carbocycles. The summed E-state index contributed by atoms with van der Waals surface area (Å²) in [7, 11) is 2.61. The predicted molar refractivity (Wildman–Crippen MR) is 65.6 cm³/mol. The Bertz CT molecular complexity index is 601. The molecule has 1 heterocycles. The Labute approximate surface area is 108 Å². The lowest BCUT2D eigenvalue weighted by Gasteiger charge is -2.16. The highest BCUT2D eigenvalue weighted by Crippen LogP contribution is 1.92. The van der Waals surface area contributed by atoms with Crippen molar-refractivity contribution in [3.63, 3.8) is 0 Å². The first kappa shape index (κ1) is 14.7. The molecule has 1 aromatic heterocycles. The van der Waals surface area contributed by atoms with E-state index in [4.69, 9.17) is 0 Å². The van der Waals surface area contributed by atoms with Crippen molar-refractivity contribution in [2.45, 2.75) is 19.5 Å². The largest absolute Gasteiger partial charge is 0.467 e. The van der Waals surface area contributed by atoms with Crippen LogP contribution in [0.1, 0.15) is 6.92 Å². The average molecular weight is 269 g/mol. The normalized spacial score (nSPS) is 11.7. The summed E-state index contributed by atoms with van der Waals surface area (Å²) in [5, 5.41) is 2.36. The minimum atomic E-state index is -1.02. The van der Waals surface area contributed by atoms with Crippen molar-refractivity contribution < 1.29 is 14.3 Å². The molecule has 1 rings (SSSR count). The lowest BCUT2D eigenvalue weighted by Crippen LogP contribution is -2.48. The summed E-state index contributed by atoms with van der Waals surface area (Å²) >= 11 is 0. The smallest absolute Gasteiger partial charge is 0.330 e. The van der Waals surface area contributed by atoms with Crippen molar-refractivity contribution in [3.05, 3.63) is 33.1 Å². The van der Waals surface area contributed by atoms with Crippen LogP contribution in [0, 0.1) is 0 Å². The van der Waals surface area contributed by atoms with Gasteiger partial charge >= 0.3 is 17.1 Å². The molecule has 0 aliphatic carbocycles. The fraction of sp³-hybridized carbons (Fsp3) is 0.455. The summed E-state index contributed by atoms with van der Waals surface area (Å²) in [6.45, 7) is 1.07. The molecule has 0 saturated heterocycles. The third kappa shape index (κ3) is 3.54. The Kier molecular flexibility index (Phi) is 4.62. The number of hydrogen-bond donors (Lipinski definition) is 1. The summed E-state index contributed by atoms with van der Waals surface area (Å²) in [5.41, 5.74) is -1.49. The summed E-state index contributed by atoms with van der Waals surface area (Å²) in [4.78, 5) is 45.6. The van der Waals surface area contributed by atoms with Crippen LogP contribution in [0.15, 0.2) is 22.0 Å². The predicted octanol–water partition coefficient (Wildman–Crippen LogP) is -1.78. The zero-order valence-electron chi connectivity index (χ0n) is 10.9. The number of esters is 1. The second-order valence-electron chi connectivity index (χ2n) is 3.95. The van der Waals surface area contributed by atoms with Gasteiger partial charge in [0.1, 0.15) is 6.04 Å². The molecule has 8 heteroatoms. The summed E-state index contributed by atoms with van der Waals surface area (Å²) in [6, 6.07) is -1.02. The van der Waals surface area contributed by atoms with E-state index in [9.17, 15) is 19.2 Å². The highest BCUT2D eigenvalue weighted by atomic mass is 16.5. The molecule has 1 unspecified atom stereocenters. The number of methoxy groups -OCH3 is 1. The summed E-state index contributed by atoms with van der Waals surface area (Å²) in [5.74, 6) is -1.13. The van der Waals surface area contributed by atoms with E-state index in [1.54, 1.807) is 0 Å². The summed E-state index contributed by atoms with van der Waals surface area (Å²) < 4.78 is 6.71. The first-order valence-corrected chi connectivity index (χ1v) is 5.47. The standard InChI is InChI=1S/C11H15N3O5/c1-7(15)12-8(11(18)19-3)6-14-5-4-13(2)9(16)10(14)17/h4-5,8H,6H2,1-3H3,(H,12,15). The van der Waals surface area contributed by atoms with Gasteiger partial charge in [-0.1, -0.05) is 0 Å². The van der Waals surface area contributed by atoms with Crippen LogP contribution >= 0.6 is 0 Å². The monoisotopic (exact) mass is 269 g/mol. The van der Waals surface area contributed by atoms with Crippen molar-refractivity contribution in [1.82, 2.24) is 14.5 Å². The third-order valence-corrected chi connectivity index (χ3v) is 2.48. The fourth-order valence-corrected chi connectivity index (χ4v) is 1.50. The summed E-state index contributed by atoms with van der Waals surface area (Å²) in [6.07, 6.45) is 2.76. The van der Waals surface area contributed by atoms with Crippen LogP contribution in [0.25, 0.3) is 0 Å². The number of rotatable bonds is 4. The maximum atomic E-state index is 11.7. The van der Waals surface area contributed by atoms with E-state index in [1.807, 2.05) is 0 Å². The van der Waals surface area contributed by atoms with Crippen molar-refractivity contribution in [2.24, 2.45) is 7.05 Å². The minimum Gasteiger partial charge on any atom is -0.467 e. The van der Waals surface area contributed by atoms with E-state index in [2.05, 4.69) is 10.1 Å². The molecule has 1 aromatic rings. The van der Waals surface area contributed by atoms with Gasteiger partial charge in [-0.2, -0.15) is 0 Å². The van der Waals surface area contributed by atoms with Gasteiger partial charge in [-0.3, -0.25) is 14.4 Å². The van der Waals surface area contributed by atoms with E-state index in [0.29, 0.717) is 0 Å². The number of carbonyl (C=O) groups is 2. The van der Waals surface area contributed by atoms with Crippen molar-refractivity contribution >= 4 is 11.9 Å². The lowest BCUT2D eigenvalue weighted by atomic mass is 10.3. The molecule has 1 N–H and O–H groups in total. The molecule has 104 valence electrons. The first-order chi connectivity index (χ1) is 8.86. The second kappa shape index (κ2) is 5.98. The van der Waals surface area contributed by atoms with Crippen LogP contribution in [-0.4, -0.2) is 34.2 Å². The number of nitrogens with zero attached hydrogens (tertiary/aromatic N) is 2. The molecular weight excluding hydrogens is 254 g/mol. The topological polar surface area (TPSA) is 99.4 Å². The number of hydrogen-bond acceptors (Lipinski definition) is 5. The number of carbonyl (C=O) groups excluding carboxylic acids is 2. The Balaban J connectivity index is 3.07. The number of ether oxygens (including phenoxy) is 1. The molecule has 8 nitrogen and oxygen atoms in total. The van der Waals surface area contributed by atoms with E-state index >= 15 is 0 Å². The van der Waals surface area contributed by atoms with Crippen molar-refractivity contribution in [1.29, 1.82) is 0 Å². The molecule has 1 amide bonds. The zero-order chi connectivity index (χ0) is 14.6.